The van der Waals surface area contributed by atoms with Crippen molar-refractivity contribution in [3.8, 4) is 11.1 Å². The van der Waals surface area contributed by atoms with E-state index in [2.05, 4.69) is 15.2 Å². The van der Waals surface area contributed by atoms with Crippen LogP contribution in [0.15, 0.2) is 60.2 Å². The van der Waals surface area contributed by atoms with Gasteiger partial charge < -0.3 is 15.0 Å². The molecule has 1 aromatic heterocycles. The van der Waals surface area contributed by atoms with E-state index in [1.165, 1.54) is 7.11 Å². The summed E-state index contributed by atoms with van der Waals surface area (Å²) in [6, 6.07) is 14.8. The van der Waals surface area contributed by atoms with Crippen molar-refractivity contribution in [2.75, 3.05) is 20.2 Å². The predicted molar refractivity (Wildman–Crippen MR) is 131 cm³/mol. The summed E-state index contributed by atoms with van der Waals surface area (Å²) in [5.41, 5.74) is 4.23. The van der Waals surface area contributed by atoms with Crippen molar-refractivity contribution in [3.63, 3.8) is 0 Å². The molecule has 2 atom stereocenters. The molecule has 2 N–H and O–H groups in total. The number of halogens is 1. The normalized spacial score (nSPS) is 19.1. The van der Waals surface area contributed by atoms with E-state index in [0.717, 1.165) is 27.6 Å². The van der Waals surface area contributed by atoms with Gasteiger partial charge in [0.15, 0.2) is 0 Å². The third-order valence-corrected chi connectivity index (χ3v) is 6.44. The van der Waals surface area contributed by atoms with E-state index < -0.39 is 0 Å². The third-order valence-electron chi connectivity index (χ3n) is 6.21. The second-order valence-electron chi connectivity index (χ2n) is 8.44. The highest BCUT2D eigenvalue weighted by Gasteiger charge is 2.38. The number of esters is 1. The number of carbonyl (C=O) groups excluding carboxylic acids is 2. The highest BCUT2D eigenvalue weighted by atomic mass is 35.5. The number of amides is 1. The second-order valence-corrected chi connectivity index (χ2v) is 8.88. The van der Waals surface area contributed by atoms with Gasteiger partial charge in [-0.15, -0.1) is 0 Å². The van der Waals surface area contributed by atoms with Crippen molar-refractivity contribution < 1.29 is 14.3 Å². The Kier molecular flexibility index (Phi) is 6.86. The minimum atomic E-state index is -0.384. The van der Waals surface area contributed by atoms with E-state index in [-0.39, 0.29) is 24.0 Å². The van der Waals surface area contributed by atoms with Crippen molar-refractivity contribution >= 4 is 34.4 Å². The lowest BCUT2D eigenvalue weighted by Gasteiger charge is -2.22. The molecule has 1 saturated heterocycles. The number of hydrogen-bond donors (Lipinski definition) is 2. The Balaban J connectivity index is 1.64. The zero-order valence-electron chi connectivity index (χ0n) is 19.0. The van der Waals surface area contributed by atoms with Crippen LogP contribution < -0.4 is 5.32 Å². The quantitative estimate of drug-likeness (QED) is 0.405. The van der Waals surface area contributed by atoms with E-state index in [4.69, 9.17) is 16.3 Å². The number of aromatic amines is 1. The summed E-state index contributed by atoms with van der Waals surface area (Å²) < 4.78 is 5.01. The van der Waals surface area contributed by atoms with Crippen LogP contribution >= 0.6 is 11.6 Å². The monoisotopic (exact) mass is 465 g/mol. The van der Waals surface area contributed by atoms with E-state index in [1.807, 2.05) is 62.4 Å². The molecule has 7 heteroatoms. The van der Waals surface area contributed by atoms with Crippen LogP contribution in [0.1, 0.15) is 30.8 Å². The Morgan fingerprint density at radius 2 is 2.00 bits per heavy atom. The zero-order valence-corrected chi connectivity index (χ0v) is 19.8. The largest absolute Gasteiger partial charge is 0.468 e. The van der Waals surface area contributed by atoms with Crippen molar-refractivity contribution in [2.45, 2.75) is 32.4 Å². The molecule has 4 rings (SSSR count). The van der Waals surface area contributed by atoms with Gasteiger partial charge in [0, 0.05) is 40.6 Å². The molecule has 0 bridgehead atoms. The average Bonchev–Trinajstić information content (AvgIpc) is 3.39. The number of methoxy groups -OCH3 is 1. The van der Waals surface area contributed by atoms with Crippen LogP contribution in [0.3, 0.4) is 0 Å². The molecule has 172 valence electrons. The summed E-state index contributed by atoms with van der Waals surface area (Å²) in [7, 11) is 1.40. The number of nitrogens with zero attached hydrogens (tertiary/aromatic N) is 1. The van der Waals surface area contributed by atoms with E-state index in [9.17, 15) is 9.59 Å². The molecular formula is C26H28ClN3O3. The smallest absolute Gasteiger partial charge is 0.323 e. The molecule has 0 radical (unpaired) electrons. The van der Waals surface area contributed by atoms with Gasteiger partial charge in [-0.05, 0) is 44.0 Å². The first-order valence-electron chi connectivity index (χ1n) is 11.0. The number of aromatic nitrogens is 1. The first-order chi connectivity index (χ1) is 15.9. The molecule has 0 spiro atoms. The summed E-state index contributed by atoms with van der Waals surface area (Å²) in [5, 5.41) is 4.64. The summed E-state index contributed by atoms with van der Waals surface area (Å²) in [4.78, 5) is 31.2. The number of benzene rings is 2. The number of H-pyrrole nitrogens is 1. The van der Waals surface area contributed by atoms with Gasteiger partial charge in [-0.25, -0.2) is 0 Å². The number of fused-ring (bicyclic) bond motifs is 1. The van der Waals surface area contributed by atoms with Gasteiger partial charge in [0.1, 0.15) is 11.7 Å². The van der Waals surface area contributed by atoms with Crippen molar-refractivity contribution in [1.82, 2.24) is 15.2 Å². The fraction of sp³-hybridized carbons (Fsp3) is 0.308. The molecule has 1 aliphatic rings. The maximum Gasteiger partial charge on any atom is 0.323 e. The molecule has 0 unspecified atom stereocenters. The average molecular weight is 466 g/mol. The molecule has 1 aliphatic heterocycles. The summed E-state index contributed by atoms with van der Waals surface area (Å²) in [5.74, 6) is -0.486. The number of carbonyl (C=O) groups is 2. The Hall–Kier alpha value is -3.09. The minimum absolute atomic E-state index is 0.176. The first-order valence-corrected chi connectivity index (χ1v) is 11.4. The van der Waals surface area contributed by atoms with Crippen LogP contribution in [-0.4, -0.2) is 54.0 Å². The highest BCUT2D eigenvalue weighted by molar-refractivity contribution is 6.31. The predicted octanol–water partition coefficient (Wildman–Crippen LogP) is 4.80. The lowest BCUT2D eigenvalue weighted by atomic mass is 10.0. The van der Waals surface area contributed by atoms with Crippen LogP contribution in [0.2, 0.25) is 5.02 Å². The Morgan fingerprint density at radius 3 is 2.70 bits per heavy atom. The van der Waals surface area contributed by atoms with Crippen LogP contribution in [0, 0.1) is 0 Å². The number of nitrogens with one attached hydrogen (secondary N) is 2. The maximum absolute atomic E-state index is 13.5. The van der Waals surface area contributed by atoms with Crippen molar-refractivity contribution in [1.29, 1.82) is 0 Å². The summed E-state index contributed by atoms with van der Waals surface area (Å²) in [6.07, 6.45) is 2.53. The molecule has 33 heavy (non-hydrogen) atoms. The lowest BCUT2D eigenvalue weighted by Crippen LogP contribution is -2.39. The molecule has 2 aromatic carbocycles. The molecule has 6 nitrogen and oxygen atoms in total. The molecular weight excluding hydrogens is 438 g/mol. The summed E-state index contributed by atoms with van der Waals surface area (Å²) in [6.45, 7) is 5.24. The van der Waals surface area contributed by atoms with E-state index >= 15 is 0 Å². The van der Waals surface area contributed by atoms with E-state index in [0.29, 0.717) is 30.2 Å². The van der Waals surface area contributed by atoms with Crippen molar-refractivity contribution in [2.24, 2.45) is 0 Å². The lowest BCUT2D eigenvalue weighted by molar-refractivity contribution is -0.145. The topological polar surface area (TPSA) is 74.4 Å². The Morgan fingerprint density at radius 1 is 1.24 bits per heavy atom. The highest BCUT2D eigenvalue weighted by Crippen LogP contribution is 2.34. The third kappa shape index (κ3) is 4.82. The van der Waals surface area contributed by atoms with Crippen LogP contribution in [0.25, 0.3) is 22.0 Å². The number of hydrogen-bond acceptors (Lipinski definition) is 4. The molecule has 1 fully saturated rings. The minimum Gasteiger partial charge on any atom is -0.468 e. The molecule has 0 aliphatic carbocycles. The van der Waals surface area contributed by atoms with Crippen LogP contribution in [0.5, 0.6) is 0 Å². The fourth-order valence-corrected chi connectivity index (χ4v) is 4.64. The SMILES string of the molecule is C/C=C(\C)CN1C[C@@H](NC(=O)c2[nH]c3ccc(Cl)cc3c2-c2ccccc2)C[C@H]1C(=O)OC. The van der Waals surface area contributed by atoms with Gasteiger partial charge in [0.25, 0.3) is 5.91 Å². The molecule has 1 amide bonds. The number of rotatable bonds is 6. The van der Waals surface area contributed by atoms with Gasteiger partial charge >= 0.3 is 5.97 Å². The Bertz CT molecular complexity index is 1200. The van der Waals surface area contributed by atoms with Crippen LogP contribution in [0.4, 0.5) is 0 Å². The summed E-state index contributed by atoms with van der Waals surface area (Å²) >= 11 is 6.27. The number of ether oxygens (including phenoxy) is 1. The van der Waals surface area contributed by atoms with E-state index in [1.54, 1.807) is 6.07 Å². The molecule has 0 saturated carbocycles. The Labute approximate surface area is 198 Å². The van der Waals surface area contributed by atoms with Gasteiger partial charge in [-0.2, -0.15) is 0 Å². The van der Waals surface area contributed by atoms with Gasteiger partial charge in [0.2, 0.25) is 0 Å². The zero-order chi connectivity index (χ0) is 23.5. The van der Waals surface area contributed by atoms with Gasteiger partial charge in [-0.3, -0.25) is 14.5 Å². The van der Waals surface area contributed by atoms with Gasteiger partial charge in [-0.1, -0.05) is 53.6 Å². The second kappa shape index (κ2) is 9.81. The molecule has 2 heterocycles. The van der Waals surface area contributed by atoms with Crippen molar-refractivity contribution in [3.05, 3.63) is 70.9 Å². The molecule has 3 aromatic rings. The fourth-order valence-electron chi connectivity index (χ4n) is 4.47. The van der Waals surface area contributed by atoms with Gasteiger partial charge in [0.05, 0.1) is 7.11 Å². The standard InChI is InChI=1S/C26H28ClN3O3/c1-4-16(2)14-30-15-19(13-22(30)26(32)33-3)28-25(31)24-23(17-8-6-5-7-9-17)20-12-18(27)10-11-21(20)29-24/h4-12,19,22,29H,13-15H2,1-3H3,(H,28,31)/b16-4+/t19-,22-/m0/s1. The number of likely N-dealkylation sites (tertiary alicyclic amines) is 1. The van der Waals surface area contributed by atoms with Crippen LogP contribution in [-0.2, 0) is 9.53 Å². The maximum atomic E-state index is 13.5. The first kappa shape index (κ1) is 23.1. The number of allylic oxidation sites excluding steroid dienone is 1.